The van der Waals surface area contributed by atoms with Gasteiger partial charge in [0, 0.05) is 19.3 Å². The van der Waals surface area contributed by atoms with Gasteiger partial charge in [-0.3, -0.25) is 0 Å². The number of hydrogen-bond acceptors (Lipinski definition) is 4. The molecule has 0 amide bonds. The summed E-state index contributed by atoms with van der Waals surface area (Å²) < 4.78 is 16.9. The third-order valence-corrected chi connectivity index (χ3v) is 3.61. The van der Waals surface area contributed by atoms with Crippen LogP contribution >= 0.6 is 11.6 Å². The Morgan fingerprint density at radius 2 is 2.19 bits per heavy atom. The Morgan fingerprint density at radius 1 is 1.43 bits per heavy atom. The minimum Gasteiger partial charge on any atom is -0.361 e. The van der Waals surface area contributed by atoms with Crippen LogP contribution in [-0.2, 0) is 14.2 Å². The van der Waals surface area contributed by atoms with Crippen LogP contribution in [0.5, 0.6) is 0 Å². The Bertz CT molecular complexity index is 486. The summed E-state index contributed by atoms with van der Waals surface area (Å²) in [5, 5.41) is 0.524. The van der Waals surface area contributed by atoms with E-state index in [1.54, 1.807) is 6.08 Å². The third-order valence-electron chi connectivity index (χ3n) is 3.31. The average Bonchev–Trinajstić information content (AvgIpc) is 2.49. The first-order chi connectivity index (χ1) is 10.2. The molecule has 1 saturated heterocycles. The highest BCUT2D eigenvalue weighted by Crippen LogP contribution is 2.29. The van der Waals surface area contributed by atoms with Crippen LogP contribution in [0.25, 0.3) is 5.53 Å². The van der Waals surface area contributed by atoms with Gasteiger partial charge in [-0.05, 0) is 19.9 Å². The molecule has 1 heterocycles. The van der Waals surface area contributed by atoms with E-state index in [0.29, 0.717) is 43.5 Å². The molecule has 116 valence electrons. The molecular formula is C14H20ClN3O3. The van der Waals surface area contributed by atoms with Crippen LogP contribution < -0.4 is 0 Å². The second kappa shape index (κ2) is 7.73. The first-order valence-corrected chi connectivity index (χ1v) is 7.47. The van der Waals surface area contributed by atoms with Gasteiger partial charge < -0.3 is 24.6 Å². The number of nitrogens with zero attached hydrogens (tertiary/aromatic N) is 3. The predicted octanol–water partition coefficient (Wildman–Crippen LogP) is 2.12. The second-order valence-corrected chi connectivity index (χ2v) is 5.06. The van der Waals surface area contributed by atoms with E-state index in [0.717, 1.165) is 5.70 Å². The lowest BCUT2D eigenvalue weighted by Crippen LogP contribution is -2.51. The van der Waals surface area contributed by atoms with Crippen molar-refractivity contribution in [1.82, 2.24) is 4.90 Å². The van der Waals surface area contributed by atoms with Gasteiger partial charge in [-0.25, -0.2) is 0 Å². The average molecular weight is 314 g/mol. The fraction of sp³-hybridized carbons (Fsp3) is 0.643. The van der Waals surface area contributed by atoms with E-state index < -0.39 is 0 Å². The van der Waals surface area contributed by atoms with Crippen molar-refractivity contribution in [3.8, 4) is 0 Å². The monoisotopic (exact) mass is 313 g/mol. The summed E-state index contributed by atoms with van der Waals surface area (Å²) in [5.41, 5.74) is 10.2. The molecule has 21 heavy (non-hydrogen) atoms. The maximum absolute atomic E-state index is 8.83. The number of morpholine rings is 1. The van der Waals surface area contributed by atoms with Crippen LogP contribution in [0.1, 0.15) is 20.3 Å². The van der Waals surface area contributed by atoms with Gasteiger partial charge in [-0.15, -0.1) is 0 Å². The molecular weight excluding hydrogens is 294 g/mol. The van der Waals surface area contributed by atoms with Crippen LogP contribution in [-0.4, -0.2) is 54.3 Å². The fourth-order valence-corrected chi connectivity index (χ4v) is 2.69. The van der Waals surface area contributed by atoms with Gasteiger partial charge in [0.05, 0.1) is 30.3 Å². The lowest BCUT2D eigenvalue weighted by atomic mass is 10.1. The van der Waals surface area contributed by atoms with Gasteiger partial charge in [0.2, 0.25) is 0 Å². The molecule has 0 radical (unpaired) electrons. The van der Waals surface area contributed by atoms with Gasteiger partial charge >= 0.3 is 0 Å². The molecule has 7 heteroatoms. The number of ether oxygens (including phenoxy) is 3. The van der Waals surface area contributed by atoms with Crippen LogP contribution in [0.3, 0.4) is 0 Å². The molecule has 1 fully saturated rings. The summed E-state index contributed by atoms with van der Waals surface area (Å²) in [7, 11) is 0. The maximum Gasteiger partial charge on any atom is 0.297 e. The number of allylic oxidation sites excluding steroid dienone is 3. The van der Waals surface area contributed by atoms with E-state index in [4.69, 9.17) is 31.3 Å². The van der Waals surface area contributed by atoms with Gasteiger partial charge in [-0.2, -0.15) is 4.79 Å². The molecule has 2 unspecified atom stereocenters. The predicted molar refractivity (Wildman–Crippen MR) is 78.7 cm³/mol. The second-order valence-electron chi connectivity index (χ2n) is 4.66. The molecule has 0 aromatic heterocycles. The summed E-state index contributed by atoms with van der Waals surface area (Å²) in [4.78, 5) is 5.23. The Balaban J connectivity index is 2.18. The normalized spacial score (nSPS) is 26.2. The van der Waals surface area contributed by atoms with Crippen molar-refractivity contribution in [1.29, 1.82) is 0 Å². The van der Waals surface area contributed by atoms with E-state index in [1.165, 1.54) is 0 Å². The molecule has 0 spiro atoms. The third kappa shape index (κ3) is 3.93. The molecule has 2 atom stereocenters. The Labute approximate surface area is 129 Å². The number of rotatable bonds is 5. The molecule has 0 N–H and O–H groups in total. The van der Waals surface area contributed by atoms with Crippen LogP contribution in [0.2, 0.25) is 0 Å². The molecule has 0 bridgehead atoms. The molecule has 2 rings (SSSR count). The van der Waals surface area contributed by atoms with Crippen molar-refractivity contribution in [3.63, 3.8) is 0 Å². The van der Waals surface area contributed by atoms with Gasteiger partial charge in [0.25, 0.3) is 5.71 Å². The molecule has 0 aromatic carbocycles. The molecule has 1 aliphatic carbocycles. The summed E-state index contributed by atoms with van der Waals surface area (Å²) in [6.45, 7) is 6.00. The van der Waals surface area contributed by atoms with Crippen LogP contribution in [0.15, 0.2) is 22.9 Å². The molecule has 6 nitrogen and oxygen atoms in total. The zero-order valence-electron chi connectivity index (χ0n) is 12.3. The van der Waals surface area contributed by atoms with Crippen molar-refractivity contribution >= 4 is 17.3 Å². The highest BCUT2D eigenvalue weighted by Gasteiger charge is 2.33. The lowest BCUT2D eigenvalue weighted by molar-refractivity contribution is -0.228. The number of halogens is 1. The zero-order chi connectivity index (χ0) is 15.2. The van der Waals surface area contributed by atoms with Crippen molar-refractivity contribution in [2.24, 2.45) is 0 Å². The highest BCUT2D eigenvalue weighted by molar-refractivity contribution is 6.33. The minimum absolute atomic E-state index is 0.201. The van der Waals surface area contributed by atoms with Crippen molar-refractivity contribution in [2.75, 3.05) is 26.4 Å². The summed E-state index contributed by atoms with van der Waals surface area (Å²) in [6.07, 6.45) is 3.61. The topological polar surface area (TPSA) is 67.3 Å². The first-order valence-electron chi connectivity index (χ1n) is 7.09. The zero-order valence-corrected chi connectivity index (χ0v) is 13.0. The number of hydrogen-bond donors (Lipinski definition) is 0. The smallest absolute Gasteiger partial charge is 0.297 e. The largest absolute Gasteiger partial charge is 0.361 e. The molecule has 1 aliphatic heterocycles. The van der Waals surface area contributed by atoms with Crippen LogP contribution in [0, 0.1) is 0 Å². The van der Waals surface area contributed by atoms with E-state index in [9.17, 15) is 0 Å². The van der Waals surface area contributed by atoms with E-state index in [2.05, 4.69) is 4.79 Å². The van der Waals surface area contributed by atoms with E-state index >= 15 is 0 Å². The molecule has 2 aliphatic rings. The SMILES string of the molecule is CCOC1CN(C2=CCC(=[N+]=[N-])C=C2Cl)C(OCC)CO1. The Hall–Kier alpha value is -1.17. The quantitative estimate of drug-likeness (QED) is 0.576. The first kappa shape index (κ1) is 16.2. The summed E-state index contributed by atoms with van der Waals surface area (Å²) in [5.74, 6) is 0. The highest BCUT2D eigenvalue weighted by atomic mass is 35.5. The van der Waals surface area contributed by atoms with Gasteiger partial charge in [-0.1, -0.05) is 11.6 Å². The molecule has 0 saturated carbocycles. The maximum atomic E-state index is 8.83. The Kier molecular flexibility index (Phi) is 5.96. The summed E-state index contributed by atoms with van der Waals surface area (Å²) in [6, 6.07) is 0. The standard InChI is InChI=1S/C14H20ClN3O3/c1-3-19-13-9-21-14(20-4-2)8-18(13)12-6-5-10(17-16)7-11(12)15/h6-7,13-14H,3-5,8-9H2,1-2H3. The fourth-order valence-electron chi connectivity index (χ4n) is 2.38. The van der Waals surface area contributed by atoms with E-state index in [-0.39, 0.29) is 12.5 Å². The van der Waals surface area contributed by atoms with E-state index in [1.807, 2.05) is 24.8 Å². The van der Waals surface area contributed by atoms with Crippen LogP contribution in [0.4, 0.5) is 0 Å². The Morgan fingerprint density at radius 3 is 2.81 bits per heavy atom. The minimum atomic E-state index is -0.301. The molecule has 0 aromatic rings. The lowest BCUT2D eigenvalue weighted by Gasteiger charge is -2.41. The van der Waals surface area contributed by atoms with Crippen molar-refractivity contribution in [3.05, 3.63) is 28.4 Å². The summed E-state index contributed by atoms with van der Waals surface area (Å²) >= 11 is 6.30. The van der Waals surface area contributed by atoms with Crippen molar-refractivity contribution < 1.29 is 19.0 Å². The van der Waals surface area contributed by atoms with Gasteiger partial charge in [0.1, 0.15) is 0 Å². The van der Waals surface area contributed by atoms with Gasteiger partial charge in [0.15, 0.2) is 12.5 Å². The van der Waals surface area contributed by atoms with Crippen molar-refractivity contribution in [2.45, 2.75) is 32.8 Å².